The standard InChI is InChI=1S/C19H22N2O2/c1-20-10-8-19(16-5-3-2-4-6-16)9-11-21(13-17(19)20)18(22)15-7-12-23-14-15/h2-7,12,14,17H,8-11,13H2,1H3/t17-,19-/m0/s1. The first-order valence-corrected chi connectivity index (χ1v) is 8.28. The van der Waals surface area contributed by atoms with Crippen LogP contribution < -0.4 is 0 Å². The molecule has 1 amide bonds. The molecule has 0 spiro atoms. The highest BCUT2D eigenvalue weighted by Gasteiger charge is 2.50. The summed E-state index contributed by atoms with van der Waals surface area (Å²) < 4.78 is 5.07. The Labute approximate surface area is 136 Å². The van der Waals surface area contributed by atoms with Crippen molar-refractivity contribution in [2.45, 2.75) is 24.3 Å². The minimum atomic E-state index is 0.0840. The van der Waals surface area contributed by atoms with Gasteiger partial charge in [-0.25, -0.2) is 0 Å². The lowest BCUT2D eigenvalue weighted by Gasteiger charge is -2.46. The Morgan fingerprint density at radius 2 is 1.96 bits per heavy atom. The largest absolute Gasteiger partial charge is 0.472 e. The first kappa shape index (κ1) is 14.5. The molecule has 0 radical (unpaired) electrons. The Bertz CT molecular complexity index is 683. The molecule has 3 heterocycles. The number of carbonyl (C=O) groups is 1. The van der Waals surface area contributed by atoms with Gasteiger partial charge in [0.1, 0.15) is 6.26 Å². The molecular formula is C19H22N2O2. The molecule has 2 aliphatic rings. The fourth-order valence-corrected chi connectivity index (χ4v) is 4.36. The zero-order valence-corrected chi connectivity index (χ0v) is 13.4. The van der Waals surface area contributed by atoms with Crippen LogP contribution in [0.25, 0.3) is 0 Å². The molecule has 2 fully saturated rings. The van der Waals surface area contributed by atoms with Crippen LogP contribution in [0.3, 0.4) is 0 Å². The van der Waals surface area contributed by atoms with Crippen LogP contribution >= 0.6 is 0 Å². The molecule has 0 N–H and O–H groups in total. The number of fused-ring (bicyclic) bond motifs is 1. The van der Waals surface area contributed by atoms with E-state index in [2.05, 4.69) is 42.3 Å². The quantitative estimate of drug-likeness (QED) is 0.856. The van der Waals surface area contributed by atoms with Crippen LogP contribution in [0.4, 0.5) is 0 Å². The number of furan rings is 1. The van der Waals surface area contributed by atoms with Crippen LogP contribution in [-0.4, -0.2) is 48.4 Å². The van der Waals surface area contributed by atoms with Gasteiger partial charge in [0, 0.05) is 24.5 Å². The van der Waals surface area contributed by atoms with Crippen molar-refractivity contribution in [1.29, 1.82) is 0 Å². The van der Waals surface area contributed by atoms with E-state index in [4.69, 9.17) is 4.42 Å². The summed E-state index contributed by atoms with van der Waals surface area (Å²) in [4.78, 5) is 17.0. The van der Waals surface area contributed by atoms with Gasteiger partial charge in [-0.15, -0.1) is 0 Å². The van der Waals surface area contributed by atoms with E-state index in [9.17, 15) is 4.79 Å². The molecule has 4 heteroatoms. The fraction of sp³-hybridized carbons (Fsp3) is 0.421. The Hall–Kier alpha value is -2.07. The third kappa shape index (κ3) is 2.29. The molecule has 2 aromatic rings. The molecule has 4 rings (SSSR count). The number of hydrogen-bond acceptors (Lipinski definition) is 3. The maximum absolute atomic E-state index is 12.6. The highest BCUT2D eigenvalue weighted by atomic mass is 16.3. The van der Waals surface area contributed by atoms with Crippen LogP contribution in [0, 0.1) is 0 Å². The van der Waals surface area contributed by atoms with Gasteiger partial charge in [0.05, 0.1) is 11.8 Å². The highest BCUT2D eigenvalue weighted by molar-refractivity contribution is 5.94. The lowest BCUT2D eigenvalue weighted by atomic mass is 9.69. The number of amides is 1. The third-order valence-corrected chi connectivity index (χ3v) is 5.71. The number of likely N-dealkylation sites (N-methyl/N-ethyl adjacent to an activating group) is 1. The molecule has 0 unspecified atom stereocenters. The molecule has 1 aromatic carbocycles. The Morgan fingerprint density at radius 3 is 2.70 bits per heavy atom. The molecule has 120 valence electrons. The SMILES string of the molecule is CN1CC[C@@]2(c3ccccc3)CCN(C(=O)c3ccoc3)C[C@H]12. The normalized spacial score (nSPS) is 27.9. The smallest absolute Gasteiger partial charge is 0.257 e. The molecular weight excluding hydrogens is 288 g/mol. The van der Waals surface area contributed by atoms with Gasteiger partial charge in [-0.3, -0.25) is 4.79 Å². The monoisotopic (exact) mass is 310 g/mol. The van der Waals surface area contributed by atoms with Crippen molar-refractivity contribution in [3.05, 3.63) is 60.1 Å². The number of hydrogen-bond donors (Lipinski definition) is 0. The van der Waals surface area contributed by atoms with Crippen molar-refractivity contribution < 1.29 is 9.21 Å². The van der Waals surface area contributed by atoms with Gasteiger partial charge in [-0.1, -0.05) is 30.3 Å². The zero-order chi connectivity index (χ0) is 15.9. The molecule has 0 aliphatic carbocycles. The topological polar surface area (TPSA) is 36.7 Å². The second-order valence-electron chi connectivity index (χ2n) is 6.78. The molecule has 4 nitrogen and oxygen atoms in total. The molecule has 2 aliphatic heterocycles. The summed E-state index contributed by atoms with van der Waals surface area (Å²) in [7, 11) is 2.18. The first-order chi connectivity index (χ1) is 11.2. The predicted octanol–water partition coefficient (Wildman–Crippen LogP) is 2.77. The summed E-state index contributed by atoms with van der Waals surface area (Å²) in [6, 6.07) is 13.0. The Balaban J connectivity index is 1.62. The molecule has 0 saturated carbocycles. The van der Waals surface area contributed by atoms with E-state index < -0.39 is 0 Å². The number of carbonyl (C=O) groups excluding carboxylic acids is 1. The van der Waals surface area contributed by atoms with E-state index in [0.717, 1.165) is 26.1 Å². The molecule has 2 saturated heterocycles. The average Bonchev–Trinajstić information content (AvgIpc) is 3.24. The van der Waals surface area contributed by atoms with Crippen LogP contribution in [0.15, 0.2) is 53.3 Å². The van der Waals surface area contributed by atoms with E-state index in [0.29, 0.717) is 11.6 Å². The van der Waals surface area contributed by atoms with Gasteiger partial charge in [-0.2, -0.15) is 0 Å². The summed E-state index contributed by atoms with van der Waals surface area (Å²) in [5.41, 5.74) is 2.26. The van der Waals surface area contributed by atoms with Crippen LogP contribution in [0.1, 0.15) is 28.8 Å². The van der Waals surface area contributed by atoms with E-state index in [1.54, 1.807) is 18.6 Å². The second-order valence-corrected chi connectivity index (χ2v) is 6.78. The zero-order valence-electron chi connectivity index (χ0n) is 13.4. The van der Waals surface area contributed by atoms with Gasteiger partial charge in [0.25, 0.3) is 5.91 Å². The maximum atomic E-state index is 12.6. The summed E-state index contributed by atoms with van der Waals surface area (Å²) in [6.07, 6.45) is 5.30. The number of piperidine rings is 1. The fourth-order valence-electron chi connectivity index (χ4n) is 4.36. The minimum Gasteiger partial charge on any atom is -0.472 e. The highest BCUT2D eigenvalue weighted by Crippen LogP contribution is 2.45. The summed E-state index contributed by atoms with van der Waals surface area (Å²) in [5, 5.41) is 0. The van der Waals surface area contributed by atoms with Gasteiger partial charge in [0.2, 0.25) is 0 Å². The van der Waals surface area contributed by atoms with Gasteiger partial charge >= 0.3 is 0 Å². The van der Waals surface area contributed by atoms with Crippen molar-refractivity contribution in [2.75, 3.05) is 26.7 Å². The lowest BCUT2D eigenvalue weighted by molar-refractivity contribution is 0.0552. The molecule has 23 heavy (non-hydrogen) atoms. The first-order valence-electron chi connectivity index (χ1n) is 8.28. The summed E-state index contributed by atoms with van der Waals surface area (Å²) >= 11 is 0. The van der Waals surface area contributed by atoms with Crippen molar-refractivity contribution in [1.82, 2.24) is 9.80 Å². The number of nitrogens with zero attached hydrogens (tertiary/aromatic N) is 2. The number of rotatable bonds is 2. The summed E-state index contributed by atoms with van der Waals surface area (Å²) in [6.45, 7) is 2.69. The van der Waals surface area contributed by atoms with Crippen molar-refractivity contribution in [2.24, 2.45) is 0 Å². The summed E-state index contributed by atoms with van der Waals surface area (Å²) in [5.74, 6) is 0.0840. The van der Waals surface area contributed by atoms with Crippen molar-refractivity contribution >= 4 is 5.91 Å². The molecule has 0 bridgehead atoms. The van der Waals surface area contributed by atoms with Crippen LogP contribution in [0.5, 0.6) is 0 Å². The Kier molecular flexibility index (Phi) is 3.49. The van der Waals surface area contributed by atoms with Gasteiger partial charge < -0.3 is 14.2 Å². The Morgan fingerprint density at radius 1 is 1.17 bits per heavy atom. The second kappa shape index (κ2) is 5.53. The van der Waals surface area contributed by atoms with Crippen LogP contribution in [-0.2, 0) is 5.41 Å². The van der Waals surface area contributed by atoms with E-state index in [1.807, 2.05) is 4.90 Å². The third-order valence-electron chi connectivity index (χ3n) is 5.71. The van der Waals surface area contributed by atoms with E-state index >= 15 is 0 Å². The van der Waals surface area contributed by atoms with Crippen molar-refractivity contribution in [3.63, 3.8) is 0 Å². The van der Waals surface area contributed by atoms with Gasteiger partial charge in [-0.05, 0) is 38.1 Å². The molecule has 2 atom stereocenters. The number of likely N-dealkylation sites (tertiary alicyclic amines) is 2. The number of benzene rings is 1. The predicted molar refractivity (Wildman–Crippen MR) is 88.4 cm³/mol. The van der Waals surface area contributed by atoms with Gasteiger partial charge in [0.15, 0.2) is 0 Å². The van der Waals surface area contributed by atoms with E-state index in [1.165, 1.54) is 12.0 Å². The maximum Gasteiger partial charge on any atom is 0.257 e. The van der Waals surface area contributed by atoms with Crippen LogP contribution in [0.2, 0.25) is 0 Å². The average molecular weight is 310 g/mol. The molecule has 1 aromatic heterocycles. The van der Waals surface area contributed by atoms with E-state index in [-0.39, 0.29) is 11.3 Å². The van der Waals surface area contributed by atoms with Crippen molar-refractivity contribution in [3.8, 4) is 0 Å². The lowest BCUT2D eigenvalue weighted by Crippen LogP contribution is -2.56. The minimum absolute atomic E-state index is 0.0840.